The highest BCUT2D eigenvalue weighted by atomic mass is 19.1. The molecular formula is C8H10FN3. The summed E-state index contributed by atoms with van der Waals surface area (Å²) < 4.78 is 13.1. The lowest BCUT2D eigenvalue weighted by Crippen LogP contribution is -2.35. The van der Waals surface area contributed by atoms with Gasteiger partial charge in [0.05, 0.1) is 0 Å². The summed E-state index contributed by atoms with van der Waals surface area (Å²) in [7, 11) is 1.81. The molecule has 0 saturated carbocycles. The van der Waals surface area contributed by atoms with Gasteiger partial charge in [0.15, 0.2) is 0 Å². The van der Waals surface area contributed by atoms with Gasteiger partial charge in [0, 0.05) is 24.5 Å². The highest BCUT2D eigenvalue weighted by Gasteiger charge is 2.29. The van der Waals surface area contributed by atoms with Gasteiger partial charge in [0.2, 0.25) is 0 Å². The second-order valence-corrected chi connectivity index (χ2v) is 2.93. The van der Waals surface area contributed by atoms with Gasteiger partial charge in [0.25, 0.3) is 0 Å². The average molecular weight is 167 g/mol. The van der Waals surface area contributed by atoms with Crippen LogP contribution in [-0.4, -0.2) is 18.1 Å². The third-order valence-electron chi connectivity index (χ3n) is 2.01. The normalized spacial score (nSPS) is 27.7. The van der Waals surface area contributed by atoms with E-state index in [0.717, 1.165) is 5.57 Å². The highest BCUT2D eigenvalue weighted by molar-refractivity contribution is 5.46. The van der Waals surface area contributed by atoms with Crippen LogP contribution >= 0.6 is 0 Å². The maximum Gasteiger partial charge on any atom is 0.123 e. The van der Waals surface area contributed by atoms with E-state index in [4.69, 9.17) is 5.73 Å². The van der Waals surface area contributed by atoms with Crippen molar-refractivity contribution in [1.29, 1.82) is 0 Å². The third kappa shape index (κ3) is 0.921. The van der Waals surface area contributed by atoms with E-state index in [0.29, 0.717) is 5.70 Å². The van der Waals surface area contributed by atoms with Crippen LogP contribution in [0.5, 0.6) is 0 Å². The Morgan fingerprint density at radius 2 is 2.33 bits per heavy atom. The predicted octanol–water partition coefficient (Wildman–Crippen LogP) is 0.399. The summed E-state index contributed by atoms with van der Waals surface area (Å²) in [5, 5.41) is 1.71. The number of hydrogen-bond acceptors (Lipinski definition) is 3. The van der Waals surface area contributed by atoms with E-state index in [2.05, 4.69) is 5.43 Å². The first-order chi connectivity index (χ1) is 5.68. The van der Waals surface area contributed by atoms with Crippen molar-refractivity contribution in [2.75, 3.05) is 7.05 Å². The summed E-state index contributed by atoms with van der Waals surface area (Å²) in [6.07, 6.45) is 4.77. The molecule has 12 heavy (non-hydrogen) atoms. The van der Waals surface area contributed by atoms with Crippen LogP contribution in [0.1, 0.15) is 0 Å². The molecule has 0 aromatic heterocycles. The number of nitrogens with zero attached hydrogens (tertiary/aromatic N) is 1. The van der Waals surface area contributed by atoms with Gasteiger partial charge in [-0.15, -0.1) is 0 Å². The summed E-state index contributed by atoms with van der Waals surface area (Å²) in [5.41, 5.74) is 10.00. The monoisotopic (exact) mass is 167 g/mol. The van der Waals surface area contributed by atoms with Crippen LogP contribution in [0.15, 0.2) is 35.4 Å². The lowest BCUT2D eigenvalue weighted by atomic mass is 10.0. The summed E-state index contributed by atoms with van der Waals surface area (Å²) in [5.74, 6) is -0.195. The average Bonchev–Trinajstić information content (AvgIpc) is 2.41. The van der Waals surface area contributed by atoms with E-state index in [1.54, 1.807) is 17.3 Å². The first kappa shape index (κ1) is 7.36. The van der Waals surface area contributed by atoms with Crippen molar-refractivity contribution in [3.8, 4) is 0 Å². The van der Waals surface area contributed by atoms with Crippen molar-refractivity contribution in [3.63, 3.8) is 0 Å². The zero-order valence-electron chi connectivity index (χ0n) is 6.71. The molecule has 0 spiro atoms. The number of hydrazine groups is 1. The fourth-order valence-corrected chi connectivity index (χ4v) is 1.41. The second-order valence-electron chi connectivity index (χ2n) is 2.93. The molecule has 0 bridgehead atoms. The third-order valence-corrected chi connectivity index (χ3v) is 2.01. The van der Waals surface area contributed by atoms with Crippen molar-refractivity contribution in [2.24, 2.45) is 5.73 Å². The summed E-state index contributed by atoms with van der Waals surface area (Å²) in [6, 6.07) is -0.375. The first-order valence-corrected chi connectivity index (χ1v) is 3.72. The molecule has 1 heterocycles. The number of nitrogens with two attached hydrogens (primary N) is 1. The van der Waals surface area contributed by atoms with E-state index in [1.807, 2.05) is 7.05 Å². The largest absolute Gasteiger partial charge is 0.398 e. The molecule has 1 aliphatic carbocycles. The standard InChI is InChI=1S/C8H10FN3/c1-12-4-5-7(10)3-2-6(9)8(5)11-12/h2-4,8,11H,10H2,1H3. The van der Waals surface area contributed by atoms with E-state index in [1.165, 1.54) is 6.08 Å². The Labute approximate surface area is 70.0 Å². The minimum absolute atomic E-state index is 0.195. The van der Waals surface area contributed by atoms with Gasteiger partial charge in [-0.3, -0.25) is 0 Å². The molecule has 0 aromatic carbocycles. The van der Waals surface area contributed by atoms with Gasteiger partial charge < -0.3 is 10.7 Å². The topological polar surface area (TPSA) is 41.3 Å². The fraction of sp³-hybridized carbons (Fsp3) is 0.250. The molecule has 3 nitrogen and oxygen atoms in total. The molecular weight excluding hydrogens is 157 g/mol. The van der Waals surface area contributed by atoms with Gasteiger partial charge in [-0.1, -0.05) is 0 Å². The van der Waals surface area contributed by atoms with Crippen LogP contribution in [0.25, 0.3) is 0 Å². The van der Waals surface area contributed by atoms with Gasteiger partial charge in [-0.25, -0.2) is 9.82 Å². The van der Waals surface area contributed by atoms with Crippen LogP contribution in [0.2, 0.25) is 0 Å². The van der Waals surface area contributed by atoms with Gasteiger partial charge in [0.1, 0.15) is 11.9 Å². The molecule has 2 rings (SSSR count). The number of nitrogens with one attached hydrogen (secondary N) is 1. The Morgan fingerprint density at radius 3 is 3.00 bits per heavy atom. The van der Waals surface area contributed by atoms with E-state index in [-0.39, 0.29) is 11.9 Å². The zero-order valence-corrected chi connectivity index (χ0v) is 6.71. The number of allylic oxidation sites excluding steroid dienone is 2. The second kappa shape index (κ2) is 2.35. The Bertz CT molecular complexity index is 303. The number of fused-ring (bicyclic) bond motifs is 1. The quantitative estimate of drug-likeness (QED) is 0.548. The highest BCUT2D eigenvalue weighted by Crippen LogP contribution is 2.26. The molecule has 3 N–H and O–H groups in total. The fourth-order valence-electron chi connectivity index (χ4n) is 1.41. The van der Waals surface area contributed by atoms with Crippen LogP contribution < -0.4 is 11.2 Å². The summed E-state index contributed by atoms with van der Waals surface area (Å²) in [4.78, 5) is 0. The van der Waals surface area contributed by atoms with Crippen LogP contribution in [0.4, 0.5) is 4.39 Å². The van der Waals surface area contributed by atoms with Crippen molar-refractivity contribution in [3.05, 3.63) is 35.4 Å². The number of halogens is 1. The van der Waals surface area contributed by atoms with E-state index >= 15 is 0 Å². The molecule has 0 fully saturated rings. The summed E-state index contributed by atoms with van der Waals surface area (Å²) in [6.45, 7) is 0. The van der Waals surface area contributed by atoms with Crippen molar-refractivity contribution < 1.29 is 4.39 Å². The maximum atomic E-state index is 13.1. The lowest BCUT2D eigenvalue weighted by Gasteiger charge is -2.17. The molecule has 0 aromatic rings. The van der Waals surface area contributed by atoms with E-state index in [9.17, 15) is 4.39 Å². The molecule has 1 atom stereocenters. The minimum atomic E-state index is -0.375. The van der Waals surface area contributed by atoms with Crippen LogP contribution in [0, 0.1) is 0 Å². The number of hydrogen-bond donors (Lipinski definition) is 2. The first-order valence-electron chi connectivity index (χ1n) is 3.72. The molecule has 0 saturated heterocycles. The maximum absolute atomic E-state index is 13.1. The molecule has 64 valence electrons. The Hall–Kier alpha value is -1.29. The van der Waals surface area contributed by atoms with Crippen molar-refractivity contribution in [2.45, 2.75) is 6.04 Å². The van der Waals surface area contributed by atoms with Crippen molar-refractivity contribution in [1.82, 2.24) is 10.4 Å². The van der Waals surface area contributed by atoms with Crippen LogP contribution in [-0.2, 0) is 0 Å². The molecule has 0 radical (unpaired) electrons. The number of rotatable bonds is 0. The predicted molar refractivity (Wildman–Crippen MR) is 44.2 cm³/mol. The van der Waals surface area contributed by atoms with Crippen LogP contribution in [0.3, 0.4) is 0 Å². The van der Waals surface area contributed by atoms with Gasteiger partial charge >= 0.3 is 0 Å². The summed E-state index contributed by atoms with van der Waals surface area (Å²) >= 11 is 0. The Kier molecular flexibility index (Phi) is 1.44. The molecule has 4 heteroatoms. The molecule has 1 aliphatic heterocycles. The molecule has 1 unspecified atom stereocenters. The van der Waals surface area contributed by atoms with Gasteiger partial charge in [-0.05, 0) is 12.2 Å². The minimum Gasteiger partial charge on any atom is -0.398 e. The smallest absolute Gasteiger partial charge is 0.123 e. The zero-order chi connectivity index (χ0) is 8.72. The molecule has 2 aliphatic rings. The van der Waals surface area contributed by atoms with E-state index < -0.39 is 0 Å². The molecule has 0 amide bonds. The lowest BCUT2D eigenvalue weighted by molar-refractivity contribution is 0.325. The Balaban J connectivity index is 2.40. The van der Waals surface area contributed by atoms with Gasteiger partial charge in [-0.2, -0.15) is 0 Å². The SMILES string of the molecule is CN1C=C2C(N)=CC=C(F)C2N1. The Morgan fingerprint density at radius 1 is 1.58 bits per heavy atom. The van der Waals surface area contributed by atoms with Crippen molar-refractivity contribution >= 4 is 0 Å².